The van der Waals surface area contributed by atoms with Crippen LogP contribution in [-0.4, -0.2) is 25.2 Å². The molecule has 0 saturated carbocycles. The minimum Gasteiger partial charge on any atom is -0.469 e. The maximum atomic E-state index is 11.2. The lowest BCUT2D eigenvalue weighted by molar-refractivity contribution is -0.144. The van der Waals surface area contributed by atoms with Crippen molar-refractivity contribution in [3.63, 3.8) is 0 Å². The first-order chi connectivity index (χ1) is 13.9. The maximum Gasteiger partial charge on any atom is 0.330 e. The highest BCUT2D eigenvalue weighted by Crippen LogP contribution is 2.05. The molecule has 2 rings (SSSR count). The standard InChI is InChI=1S/C13H16O2.C11H16O3/c1-11(2)10-15-13(14)9-8-12-6-4-3-5-7-12;1-9(2)8-14-11(12)6-5-10-4-3-7-13-10/h3-9,11H,10H2,1-2H3;3-4,7,9H,5-6,8H2,1-2H3/b9-8+;. The molecule has 158 valence electrons. The number of hydrogen-bond acceptors (Lipinski definition) is 5. The summed E-state index contributed by atoms with van der Waals surface area (Å²) < 4.78 is 15.1. The van der Waals surface area contributed by atoms with Gasteiger partial charge in [0.05, 0.1) is 25.9 Å². The van der Waals surface area contributed by atoms with Crippen LogP contribution in [-0.2, 0) is 25.5 Å². The third-order valence-electron chi connectivity index (χ3n) is 3.50. The fourth-order valence-corrected chi connectivity index (χ4v) is 2.04. The molecule has 1 aromatic heterocycles. The molecule has 0 unspecified atom stereocenters. The second kappa shape index (κ2) is 14.2. The Morgan fingerprint density at radius 1 is 0.931 bits per heavy atom. The Morgan fingerprint density at radius 3 is 2.17 bits per heavy atom. The van der Waals surface area contributed by atoms with Crippen LogP contribution in [0.5, 0.6) is 0 Å². The number of furan rings is 1. The van der Waals surface area contributed by atoms with Crippen LogP contribution in [0.25, 0.3) is 6.08 Å². The summed E-state index contributed by atoms with van der Waals surface area (Å²) in [6.45, 7) is 9.01. The molecule has 0 amide bonds. The molecule has 0 aliphatic carbocycles. The predicted octanol–water partition coefficient (Wildman–Crippen LogP) is 5.31. The number of carbonyl (C=O) groups is 2. The summed E-state index contributed by atoms with van der Waals surface area (Å²) in [7, 11) is 0. The van der Waals surface area contributed by atoms with E-state index in [4.69, 9.17) is 13.9 Å². The highest BCUT2D eigenvalue weighted by atomic mass is 16.5. The molecule has 29 heavy (non-hydrogen) atoms. The number of ether oxygens (including phenoxy) is 2. The van der Waals surface area contributed by atoms with Crippen LogP contribution < -0.4 is 0 Å². The summed E-state index contributed by atoms with van der Waals surface area (Å²) >= 11 is 0. The van der Waals surface area contributed by atoms with Crippen molar-refractivity contribution in [2.45, 2.75) is 40.5 Å². The third-order valence-corrected chi connectivity index (χ3v) is 3.50. The predicted molar refractivity (Wildman–Crippen MR) is 114 cm³/mol. The van der Waals surface area contributed by atoms with Gasteiger partial charge in [-0.1, -0.05) is 58.0 Å². The fourth-order valence-electron chi connectivity index (χ4n) is 2.04. The lowest BCUT2D eigenvalue weighted by atomic mass is 10.2. The van der Waals surface area contributed by atoms with Gasteiger partial charge in [-0.15, -0.1) is 0 Å². The summed E-state index contributed by atoms with van der Waals surface area (Å²) in [5, 5.41) is 0. The summed E-state index contributed by atoms with van der Waals surface area (Å²) in [6, 6.07) is 13.3. The van der Waals surface area contributed by atoms with Crippen molar-refractivity contribution in [2.24, 2.45) is 11.8 Å². The molecule has 0 aliphatic rings. The van der Waals surface area contributed by atoms with Crippen molar-refractivity contribution in [3.8, 4) is 0 Å². The van der Waals surface area contributed by atoms with Gasteiger partial charge in [0.2, 0.25) is 0 Å². The van der Waals surface area contributed by atoms with Crippen LogP contribution in [0.3, 0.4) is 0 Å². The largest absolute Gasteiger partial charge is 0.469 e. The number of rotatable bonds is 9. The Labute approximate surface area is 173 Å². The minimum atomic E-state index is -0.285. The lowest BCUT2D eigenvalue weighted by Crippen LogP contribution is -2.10. The van der Waals surface area contributed by atoms with Crippen molar-refractivity contribution in [3.05, 3.63) is 66.1 Å². The number of esters is 2. The van der Waals surface area contributed by atoms with E-state index in [0.717, 1.165) is 11.3 Å². The van der Waals surface area contributed by atoms with Crippen LogP contribution in [0.2, 0.25) is 0 Å². The van der Waals surface area contributed by atoms with Crippen molar-refractivity contribution in [2.75, 3.05) is 13.2 Å². The van der Waals surface area contributed by atoms with E-state index < -0.39 is 0 Å². The Bertz CT molecular complexity index is 715. The summed E-state index contributed by atoms with van der Waals surface area (Å²) in [5.41, 5.74) is 0.999. The molecular weight excluding hydrogens is 368 g/mol. The zero-order valence-electron chi connectivity index (χ0n) is 17.8. The SMILES string of the molecule is CC(C)COC(=O)/C=C/c1ccccc1.CC(C)COC(=O)CCc1ccco1. The van der Waals surface area contributed by atoms with E-state index in [0.29, 0.717) is 37.9 Å². The van der Waals surface area contributed by atoms with Crippen LogP contribution in [0, 0.1) is 11.8 Å². The summed E-state index contributed by atoms with van der Waals surface area (Å²) in [5.74, 6) is 1.15. The smallest absolute Gasteiger partial charge is 0.330 e. The van der Waals surface area contributed by atoms with Crippen molar-refractivity contribution >= 4 is 18.0 Å². The second-order valence-corrected chi connectivity index (χ2v) is 7.42. The monoisotopic (exact) mass is 400 g/mol. The van der Waals surface area contributed by atoms with Crippen LogP contribution >= 0.6 is 0 Å². The topological polar surface area (TPSA) is 65.7 Å². The quantitative estimate of drug-likeness (QED) is 0.421. The van der Waals surface area contributed by atoms with E-state index in [1.807, 2.05) is 70.2 Å². The van der Waals surface area contributed by atoms with Gasteiger partial charge in [0, 0.05) is 12.5 Å². The molecule has 0 aliphatic heterocycles. The molecule has 2 aromatic rings. The zero-order chi connectivity index (χ0) is 21.5. The number of carbonyl (C=O) groups excluding carboxylic acids is 2. The number of hydrogen-bond donors (Lipinski definition) is 0. The average molecular weight is 401 g/mol. The highest BCUT2D eigenvalue weighted by molar-refractivity contribution is 5.87. The Morgan fingerprint density at radius 2 is 1.59 bits per heavy atom. The van der Waals surface area contributed by atoms with Gasteiger partial charge < -0.3 is 13.9 Å². The van der Waals surface area contributed by atoms with Crippen LogP contribution in [0.4, 0.5) is 0 Å². The second-order valence-electron chi connectivity index (χ2n) is 7.42. The highest BCUT2D eigenvalue weighted by Gasteiger charge is 2.06. The van der Waals surface area contributed by atoms with Gasteiger partial charge in [-0.25, -0.2) is 4.79 Å². The summed E-state index contributed by atoms with van der Waals surface area (Å²) in [6.07, 6.45) is 5.82. The van der Waals surface area contributed by atoms with Crippen molar-refractivity contribution in [1.82, 2.24) is 0 Å². The third kappa shape index (κ3) is 13.1. The molecule has 1 heterocycles. The molecule has 0 saturated heterocycles. The molecule has 1 aromatic carbocycles. The van der Waals surface area contributed by atoms with Crippen LogP contribution in [0.1, 0.15) is 45.4 Å². The van der Waals surface area contributed by atoms with Gasteiger partial charge in [-0.05, 0) is 35.6 Å². The molecule has 5 heteroatoms. The van der Waals surface area contributed by atoms with Gasteiger partial charge in [0.25, 0.3) is 0 Å². The Hall–Kier alpha value is -2.82. The van der Waals surface area contributed by atoms with Crippen molar-refractivity contribution in [1.29, 1.82) is 0 Å². The zero-order valence-corrected chi connectivity index (χ0v) is 17.8. The molecule has 0 fully saturated rings. The molecule has 0 radical (unpaired) electrons. The van der Waals surface area contributed by atoms with Crippen molar-refractivity contribution < 1.29 is 23.5 Å². The van der Waals surface area contributed by atoms with E-state index in [-0.39, 0.29) is 11.9 Å². The Balaban J connectivity index is 0.000000291. The first-order valence-electron chi connectivity index (χ1n) is 9.94. The van der Waals surface area contributed by atoms with E-state index in [1.54, 1.807) is 12.3 Å². The number of benzene rings is 1. The first-order valence-corrected chi connectivity index (χ1v) is 9.94. The first kappa shape index (κ1) is 24.2. The fraction of sp³-hybridized carbons (Fsp3) is 0.417. The van der Waals surface area contributed by atoms with Gasteiger partial charge >= 0.3 is 11.9 Å². The normalized spacial score (nSPS) is 10.7. The Kier molecular flexibility index (Phi) is 11.9. The molecule has 0 atom stereocenters. The van der Waals surface area contributed by atoms with Gasteiger partial charge in [0.1, 0.15) is 5.76 Å². The van der Waals surface area contributed by atoms with E-state index in [1.165, 1.54) is 6.08 Å². The maximum absolute atomic E-state index is 11.2. The van der Waals surface area contributed by atoms with Gasteiger partial charge in [-0.3, -0.25) is 4.79 Å². The lowest BCUT2D eigenvalue weighted by Gasteiger charge is -2.05. The molecule has 0 spiro atoms. The molecular formula is C24H32O5. The molecule has 5 nitrogen and oxygen atoms in total. The summed E-state index contributed by atoms with van der Waals surface area (Å²) in [4.78, 5) is 22.4. The van der Waals surface area contributed by atoms with Gasteiger partial charge in [0.15, 0.2) is 0 Å². The van der Waals surface area contributed by atoms with E-state index >= 15 is 0 Å². The average Bonchev–Trinajstić information content (AvgIpc) is 3.22. The minimum absolute atomic E-state index is 0.157. The van der Waals surface area contributed by atoms with E-state index in [9.17, 15) is 9.59 Å². The number of aryl methyl sites for hydroxylation is 1. The van der Waals surface area contributed by atoms with Crippen LogP contribution in [0.15, 0.2) is 59.2 Å². The van der Waals surface area contributed by atoms with Gasteiger partial charge in [-0.2, -0.15) is 0 Å². The molecule has 0 N–H and O–H groups in total. The van der Waals surface area contributed by atoms with E-state index in [2.05, 4.69) is 0 Å². The molecule has 0 bridgehead atoms.